The summed E-state index contributed by atoms with van der Waals surface area (Å²) in [6.45, 7) is 1.84. The zero-order valence-corrected chi connectivity index (χ0v) is 14.8. The van der Waals surface area contributed by atoms with Crippen LogP contribution in [0.2, 0.25) is 0 Å². The summed E-state index contributed by atoms with van der Waals surface area (Å²) in [5.74, 6) is -0.391. The number of carbonyl (C=O) groups excluding carboxylic acids is 1. The highest BCUT2D eigenvalue weighted by Crippen LogP contribution is 2.26. The normalized spacial score (nSPS) is 11.6. The molecule has 0 amide bonds. The number of benzene rings is 1. The average molecular weight is 358 g/mol. The number of aryl methyl sites for hydroxylation is 2. The van der Waals surface area contributed by atoms with Gasteiger partial charge >= 0.3 is 5.97 Å². The minimum Gasteiger partial charge on any atom is -0.469 e. The number of methoxy groups -OCH3 is 1. The smallest absolute Gasteiger partial charge is 0.305 e. The summed E-state index contributed by atoms with van der Waals surface area (Å²) in [6.07, 6.45) is 0.338. The summed E-state index contributed by atoms with van der Waals surface area (Å²) in [7, 11) is -2.49. The number of fused-ring (bicyclic) bond motifs is 1. The van der Waals surface area contributed by atoms with Gasteiger partial charge in [-0.15, -0.1) is 0 Å². The summed E-state index contributed by atoms with van der Waals surface area (Å²) in [6, 6.07) is 13.4. The van der Waals surface area contributed by atoms with Crippen LogP contribution in [0, 0.1) is 6.92 Å². The van der Waals surface area contributed by atoms with Crippen molar-refractivity contribution in [2.75, 3.05) is 7.11 Å². The van der Waals surface area contributed by atoms with E-state index in [1.807, 2.05) is 6.92 Å². The van der Waals surface area contributed by atoms with E-state index in [4.69, 9.17) is 0 Å². The van der Waals surface area contributed by atoms with E-state index in [-0.39, 0.29) is 17.7 Å². The Hall–Kier alpha value is -2.67. The minimum absolute atomic E-state index is 0.0934. The van der Waals surface area contributed by atoms with Crippen molar-refractivity contribution in [2.24, 2.45) is 0 Å². The molecule has 7 heteroatoms. The Morgan fingerprint density at radius 2 is 1.88 bits per heavy atom. The highest BCUT2D eigenvalue weighted by Gasteiger charge is 2.23. The van der Waals surface area contributed by atoms with Crippen LogP contribution >= 0.6 is 0 Å². The monoisotopic (exact) mass is 358 g/mol. The summed E-state index contributed by atoms with van der Waals surface area (Å²) in [5.41, 5.74) is 2.37. The fourth-order valence-electron chi connectivity index (χ4n) is 2.71. The molecule has 0 spiro atoms. The topological polar surface area (TPSA) is 78.3 Å². The van der Waals surface area contributed by atoms with Crippen molar-refractivity contribution in [2.45, 2.75) is 24.7 Å². The maximum absolute atomic E-state index is 13.1. The SMILES string of the molecule is COC(=O)CCc1cc2nc(C)ccc2n1S(=O)(=O)c1ccccc1. The number of esters is 1. The van der Waals surface area contributed by atoms with Crippen LogP contribution < -0.4 is 0 Å². The number of carbonyl (C=O) groups is 1. The van der Waals surface area contributed by atoms with Gasteiger partial charge in [-0.3, -0.25) is 9.78 Å². The quantitative estimate of drug-likeness (QED) is 0.655. The third kappa shape index (κ3) is 3.28. The third-order valence-electron chi connectivity index (χ3n) is 3.92. The van der Waals surface area contributed by atoms with E-state index in [0.717, 1.165) is 5.69 Å². The van der Waals surface area contributed by atoms with Crippen LogP contribution in [0.25, 0.3) is 11.0 Å². The Balaban J connectivity index is 2.19. The van der Waals surface area contributed by atoms with Gasteiger partial charge in [-0.25, -0.2) is 12.4 Å². The zero-order valence-electron chi connectivity index (χ0n) is 14.0. The number of hydrogen-bond acceptors (Lipinski definition) is 5. The van der Waals surface area contributed by atoms with E-state index < -0.39 is 16.0 Å². The molecule has 3 aromatic rings. The van der Waals surface area contributed by atoms with Gasteiger partial charge in [-0.05, 0) is 43.7 Å². The predicted octanol–water partition coefficient (Wildman–Crippen LogP) is 2.69. The molecule has 0 atom stereocenters. The second-order valence-corrected chi connectivity index (χ2v) is 7.44. The average Bonchev–Trinajstić information content (AvgIpc) is 2.98. The Labute approximate surface area is 146 Å². The first-order valence-corrected chi connectivity index (χ1v) is 9.23. The highest BCUT2D eigenvalue weighted by atomic mass is 32.2. The number of aromatic nitrogens is 2. The van der Waals surface area contributed by atoms with Gasteiger partial charge in [-0.1, -0.05) is 18.2 Å². The first-order valence-electron chi connectivity index (χ1n) is 7.79. The van der Waals surface area contributed by atoms with Crippen LogP contribution in [-0.2, 0) is 26.0 Å². The Kier molecular flexibility index (Phi) is 4.59. The number of nitrogens with zero attached hydrogens (tertiary/aromatic N) is 2. The summed E-state index contributed by atoms with van der Waals surface area (Å²) >= 11 is 0. The Morgan fingerprint density at radius 1 is 1.16 bits per heavy atom. The van der Waals surface area contributed by atoms with Gasteiger partial charge in [0.1, 0.15) is 0 Å². The van der Waals surface area contributed by atoms with Crippen LogP contribution in [-0.4, -0.2) is 30.5 Å². The van der Waals surface area contributed by atoms with Crippen molar-refractivity contribution < 1.29 is 17.9 Å². The van der Waals surface area contributed by atoms with Crippen LogP contribution in [0.1, 0.15) is 17.8 Å². The highest BCUT2D eigenvalue weighted by molar-refractivity contribution is 7.90. The molecule has 0 aliphatic rings. The Morgan fingerprint density at radius 3 is 2.56 bits per heavy atom. The van der Waals surface area contributed by atoms with Gasteiger partial charge in [-0.2, -0.15) is 0 Å². The first kappa shape index (κ1) is 17.2. The lowest BCUT2D eigenvalue weighted by atomic mass is 10.2. The molecule has 0 N–H and O–H groups in total. The van der Waals surface area contributed by atoms with Crippen LogP contribution in [0.15, 0.2) is 53.4 Å². The Bertz CT molecular complexity index is 1020. The molecule has 1 aromatic carbocycles. The molecule has 0 fully saturated rings. The number of hydrogen-bond donors (Lipinski definition) is 0. The number of rotatable bonds is 5. The molecule has 0 bridgehead atoms. The maximum Gasteiger partial charge on any atom is 0.305 e. The van der Waals surface area contributed by atoms with Crippen molar-refractivity contribution in [3.63, 3.8) is 0 Å². The molecule has 0 unspecified atom stereocenters. The van der Waals surface area contributed by atoms with E-state index in [0.29, 0.717) is 16.7 Å². The van der Waals surface area contributed by atoms with Crippen molar-refractivity contribution in [1.29, 1.82) is 0 Å². The van der Waals surface area contributed by atoms with Crippen molar-refractivity contribution in [3.8, 4) is 0 Å². The third-order valence-corrected chi connectivity index (χ3v) is 5.70. The molecule has 130 valence electrons. The van der Waals surface area contributed by atoms with Crippen LogP contribution in [0.5, 0.6) is 0 Å². The van der Waals surface area contributed by atoms with Crippen molar-refractivity contribution >= 4 is 27.0 Å². The van der Waals surface area contributed by atoms with Gasteiger partial charge in [0.25, 0.3) is 10.0 Å². The maximum atomic E-state index is 13.1. The van der Waals surface area contributed by atoms with Crippen LogP contribution in [0.4, 0.5) is 0 Å². The molecule has 25 heavy (non-hydrogen) atoms. The van der Waals surface area contributed by atoms with Crippen molar-refractivity contribution in [1.82, 2.24) is 8.96 Å². The van der Waals surface area contributed by atoms with Crippen molar-refractivity contribution in [3.05, 3.63) is 59.9 Å². The fraction of sp³-hybridized carbons (Fsp3) is 0.222. The molecule has 2 aromatic heterocycles. The second-order valence-electron chi connectivity index (χ2n) is 5.65. The van der Waals surface area contributed by atoms with E-state index >= 15 is 0 Å². The lowest BCUT2D eigenvalue weighted by molar-refractivity contribution is -0.140. The second kappa shape index (κ2) is 6.68. The molecule has 0 radical (unpaired) electrons. The van der Waals surface area contributed by atoms with E-state index in [1.54, 1.807) is 48.5 Å². The molecule has 0 saturated carbocycles. The number of pyridine rings is 1. The first-order chi connectivity index (χ1) is 11.9. The molecular formula is C18H18N2O4S. The largest absolute Gasteiger partial charge is 0.469 e. The lowest BCUT2D eigenvalue weighted by Crippen LogP contribution is -2.16. The minimum atomic E-state index is -3.80. The fourth-order valence-corrected chi connectivity index (χ4v) is 4.28. The molecular weight excluding hydrogens is 340 g/mol. The van der Waals surface area contributed by atoms with Gasteiger partial charge in [0.05, 0.1) is 29.5 Å². The summed E-state index contributed by atoms with van der Waals surface area (Å²) < 4.78 is 32.2. The molecule has 0 aliphatic heterocycles. The van der Waals surface area contributed by atoms with Gasteiger partial charge in [0, 0.05) is 11.4 Å². The number of ether oxygens (including phenoxy) is 1. The molecule has 0 saturated heterocycles. The summed E-state index contributed by atoms with van der Waals surface area (Å²) in [5, 5.41) is 0. The van der Waals surface area contributed by atoms with E-state index in [9.17, 15) is 13.2 Å². The predicted molar refractivity (Wildman–Crippen MR) is 93.8 cm³/mol. The zero-order chi connectivity index (χ0) is 18.0. The standard InChI is InChI=1S/C18H18N2O4S/c1-13-8-10-17-16(19-13)12-14(9-11-18(21)24-2)20(17)25(22,23)15-6-4-3-5-7-15/h3-8,10,12H,9,11H2,1-2H3. The van der Waals surface area contributed by atoms with Gasteiger partial charge in [0.2, 0.25) is 0 Å². The molecule has 2 heterocycles. The van der Waals surface area contributed by atoms with E-state index in [1.165, 1.54) is 11.1 Å². The van der Waals surface area contributed by atoms with Gasteiger partial charge in [0.15, 0.2) is 0 Å². The molecule has 0 aliphatic carbocycles. The van der Waals surface area contributed by atoms with Crippen LogP contribution in [0.3, 0.4) is 0 Å². The van der Waals surface area contributed by atoms with Gasteiger partial charge < -0.3 is 4.74 Å². The molecule has 6 nitrogen and oxygen atoms in total. The lowest BCUT2D eigenvalue weighted by Gasteiger charge is -2.11. The summed E-state index contributed by atoms with van der Waals surface area (Å²) in [4.78, 5) is 16.1. The van der Waals surface area contributed by atoms with E-state index in [2.05, 4.69) is 9.72 Å². The molecule has 3 rings (SSSR count).